The van der Waals surface area contributed by atoms with Crippen LogP contribution in [0, 0.1) is 6.92 Å². The Morgan fingerprint density at radius 2 is 2.00 bits per heavy atom. The number of anilines is 2. The van der Waals surface area contributed by atoms with Crippen molar-refractivity contribution in [1.82, 2.24) is 5.32 Å². The van der Waals surface area contributed by atoms with Crippen molar-refractivity contribution < 1.29 is 4.79 Å². The van der Waals surface area contributed by atoms with Crippen molar-refractivity contribution in [2.45, 2.75) is 13.8 Å². The average molecular weight is 235 g/mol. The first-order chi connectivity index (χ1) is 8.00. The fourth-order valence-electron chi connectivity index (χ4n) is 1.65. The van der Waals surface area contributed by atoms with Gasteiger partial charge >= 0.3 is 0 Å². The van der Waals surface area contributed by atoms with Gasteiger partial charge < -0.3 is 15.5 Å². The molecule has 0 atom stereocenters. The van der Waals surface area contributed by atoms with Crippen LogP contribution < -0.4 is 15.5 Å². The molecule has 1 aromatic rings. The first-order valence-electron chi connectivity index (χ1n) is 5.77. The van der Waals surface area contributed by atoms with Gasteiger partial charge in [-0.15, -0.1) is 0 Å². The number of aryl methyl sites for hydroxylation is 1. The van der Waals surface area contributed by atoms with Crippen LogP contribution in [0.25, 0.3) is 0 Å². The first kappa shape index (κ1) is 13.4. The van der Waals surface area contributed by atoms with Crippen LogP contribution in [0.4, 0.5) is 11.4 Å². The lowest BCUT2D eigenvalue weighted by Crippen LogP contribution is -2.26. The van der Waals surface area contributed by atoms with E-state index in [4.69, 9.17) is 0 Å². The Balaban J connectivity index is 2.54. The lowest BCUT2D eigenvalue weighted by Gasteiger charge is -2.17. The van der Waals surface area contributed by atoms with Crippen LogP contribution in [0.15, 0.2) is 18.2 Å². The molecular formula is C13H21N3O. The Labute approximate surface area is 103 Å². The lowest BCUT2D eigenvalue weighted by molar-refractivity contribution is -0.118. The molecular weight excluding hydrogens is 214 g/mol. The van der Waals surface area contributed by atoms with E-state index in [2.05, 4.69) is 40.7 Å². The molecule has 4 heteroatoms. The van der Waals surface area contributed by atoms with Gasteiger partial charge in [0.1, 0.15) is 0 Å². The van der Waals surface area contributed by atoms with Gasteiger partial charge in [0, 0.05) is 45.5 Å². The highest BCUT2D eigenvalue weighted by Crippen LogP contribution is 2.22. The zero-order chi connectivity index (χ0) is 12.8. The highest BCUT2D eigenvalue weighted by molar-refractivity contribution is 5.72. The van der Waals surface area contributed by atoms with E-state index in [-0.39, 0.29) is 5.91 Å². The maximum absolute atomic E-state index is 10.7. The van der Waals surface area contributed by atoms with Gasteiger partial charge in [0.2, 0.25) is 5.91 Å². The summed E-state index contributed by atoms with van der Waals surface area (Å²) in [6.07, 6.45) is 0. The number of benzene rings is 1. The Morgan fingerprint density at radius 1 is 1.29 bits per heavy atom. The van der Waals surface area contributed by atoms with Crippen LogP contribution in [0.1, 0.15) is 12.5 Å². The summed E-state index contributed by atoms with van der Waals surface area (Å²) in [6.45, 7) is 4.99. The van der Waals surface area contributed by atoms with E-state index in [1.165, 1.54) is 18.2 Å². The third-order valence-electron chi connectivity index (χ3n) is 2.52. The van der Waals surface area contributed by atoms with Crippen LogP contribution in [0.3, 0.4) is 0 Å². The summed E-state index contributed by atoms with van der Waals surface area (Å²) >= 11 is 0. The monoisotopic (exact) mass is 235 g/mol. The zero-order valence-electron chi connectivity index (χ0n) is 11.0. The number of hydrogen-bond donors (Lipinski definition) is 2. The Kier molecular flexibility index (Phi) is 4.82. The summed E-state index contributed by atoms with van der Waals surface area (Å²) in [5.41, 5.74) is 3.53. The van der Waals surface area contributed by atoms with Gasteiger partial charge in [-0.3, -0.25) is 4.79 Å². The molecule has 0 aliphatic rings. The summed E-state index contributed by atoms with van der Waals surface area (Å²) in [7, 11) is 4.06. The molecule has 0 heterocycles. The summed E-state index contributed by atoms with van der Waals surface area (Å²) in [5.74, 6) is 0.00434. The molecule has 1 rings (SSSR count). The molecule has 0 fully saturated rings. The van der Waals surface area contributed by atoms with Gasteiger partial charge in [-0.2, -0.15) is 0 Å². The number of carbonyl (C=O) groups excluding carboxylic acids is 1. The quantitative estimate of drug-likeness (QED) is 0.762. The molecule has 94 valence electrons. The fraction of sp³-hybridized carbons (Fsp3) is 0.462. The van der Waals surface area contributed by atoms with E-state index in [1.54, 1.807) is 0 Å². The Hall–Kier alpha value is -1.71. The summed E-state index contributed by atoms with van der Waals surface area (Å²) in [4.78, 5) is 12.8. The molecule has 0 unspecified atom stereocenters. The minimum absolute atomic E-state index is 0.00434. The molecule has 0 aliphatic carbocycles. The highest BCUT2D eigenvalue weighted by atomic mass is 16.1. The standard InChI is InChI=1S/C13H21N3O/c1-10-5-6-12(9-13(10)16(3)4)15-8-7-14-11(2)17/h5-6,9,15H,7-8H2,1-4H3,(H,14,17). The van der Waals surface area contributed by atoms with Crippen molar-refractivity contribution >= 4 is 17.3 Å². The van der Waals surface area contributed by atoms with Gasteiger partial charge in [0.25, 0.3) is 0 Å². The molecule has 0 saturated heterocycles. The van der Waals surface area contributed by atoms with E-state index in [0.29, 0.717) is 6.54 Å². The van der Waals surface area contributed by atoms with Crippen LogP contribution in [0.5, 0.6) is 0 Å². The smallest absolute Gasteiger partial charge is 0.216 e. The van der Waals surface area contributed by atoms with Gasteiger partial charge in [-0.25, -0.2) is 0 Å². The molecule has 0 bridgehead atoms. The van der Waals surface area contributed by atoms with Crippen LogP contribution in [0.2, 0.25) is 0 Å². The molecule has 1 aromatic carbocycles. The summed E-state index contributed by atoms with van der Waals surface area (Å²) in [5, 5.41) is 6.03. The van der Waals surface area contributed by atoms with Crippen LogP contribution in [-0.2, 0) is 4.79 Å². The molecule has 0 spiro atoms. The fourth-order valence-corrected chi connectivity index (χ4v) is 1.65. The number of carbonyl (C=O) groups is 1. The molecule has 1 amide bonds. The second kappa shape index (κ2) is 6.13. The SMILES string of the molecule is CC(=O)NCCNc1ccc(C)c(N(C)C)c1. The maximum Gasteiger partial charge on any atom is 0.216 e. The van der Waals surface area contributed by atoms with E-state index in [1.807, 2.05) is 14.1 Å². The number of nitrogens with zero attached hydrogens (tertiary/aromatic N) is 1. The van der Waals surface area contributed by atoms with Crippen LogP contribution in [-0.4, -0.2) is 33.1 Å². The normalized spacial score (nSPS) is 9.88. The van der Waals surface area contributed by atoms with E-state index >= 15 is 0 Å². The summed E-state index contributed by atoms with van der Waals surface area (Å²) in [6, 6.07) is 6.26. The van der Waals surface area contributed by atoms with Gasteiger partial charge in [-0.05, 0) is 24.6 Å². The summed E-state index contributed by atoms with van der Waals surface area (Å²) < 4.78 is 0. The van der Waals surface area contributed by atoms with Crippen LogP contribution >= 0.6 is 0 Å². The molecule has 4 nitrogen and oxygen atoms in total. The zero-order valence-corrected chi connectivity index (χ0v) is 11.0. The third-order valence-corrected chi connectivity index (χ3v) is 2.52. The van der Waals surface area contributed by atoms with E-state index in [9.17, 15) is 4.79 Å². The van der Waals surface area contributed by atoms with Crippen molar-refractivity contribution in [2.24, 2.45) is 0 Å². The average Bonchev–Trinajstić information content (AvgIpc) is 2.25. The van der Waals surface area contributed by atoms with Crippen molar-refractivity contribution in [1.29, 1.82) is 0 Å². The van der Waals surface area contributed by atoms with Crippen molar-refractivity contribution in [2.75, 3.05) is 37.4 Å². The second-order valence-corrected chi connectivity index (χ2v) is 4.31. The topological polar surface area (TPSA) is 44.4 Å². The minimum Gasteiger partial charge on any atom is -0.383 e. The molecule has 0 radical (unpaired) electrons. The third kappa shape index (κ3) is 4.34. The molecule has 0 saturated carbocycles. The number of amides is 1. The largest absolute Gasteiger partial charge is 0.383 e. The van der Waals surface area contributed by atoms with Crippen molar-refractivity contribution in [3.05, 3.63) is 23.8 Å². The second-order valence-electron chi connectivity index (χ2n) is 4.31. The number of nitrogens with one attached hydrogen (secondary N) is 2. The predicted octanol–water partition coefficient (Wildman–Crippen LogP) is 1.61. The van der Waals surface area contributed by atoms with Gasteiger partial charge in [0.05, 0.1) is 0 Å². The Morgan fingerprint density at radius 3 is 2.59 bits per heavy atom. The molecule has 17 heavy (non-hydrogen) atoms. The molecule has 0 aromatic heterocycles. The van der Waals surface area contributed by atoms with Gasteiger partial charge in [0.15, 0.2) is 0 Å². The van der Waals surface area contributed by atoms with E-state index < -0.39 is 0 Å². The van der Waals surface area contributed by atoms with E-state index in [0.717, 1.165) is 12.2 Å². The minimum atomic E-state index is 0.00434. The molecule has 0 aliphatic heterocycles. The maximum atomic E-state index is 10.7. The molecule has 2 N–H and O–H groups in total. The number of hydrogen-bond acceptors (Lipinski definition) is 3. The lowest BCUT2D eigenvalue weighted by atomic mass is 10.1. The number of rotatable bonds is 5. The Bertz CT molecular complexity index is 388. The first-order valence-corrected chi connectivity index (χ1v) is 5.77. The van der Waals surface area contributed by atoms with Gasteiger partial charge in [-0.1, -0.05) is 6.07 Å². The predicted molar refractivity (Wildman–Crippen MR) is 72.7 cm³/mol. The highest BCUT2D eigenvalue weighted by Gasteiger charge is 2.01. The van der Waals surface area contributed by atoms with Crippen molar-refractivity contribution in [3.8, 4) is 0 Å². The van der Waals surface area contributed by atoms with Crippen molar-refractivity contribution in [3.63, 3.8) is 0 Å².